The number of hydrogen-bond donors (Lipinski definition) is 2. The van der Waals surface area contributed by atoms with Crippen LogP contribution in [-0.2, 0) is 28.2 Å². The number of phosphoric acid groups is 1. The lowest BCUT2D eigenvalue weighted by Gasteiger charge is -2.18. The summed E-state index contributed by atoms with van der Waals surface area (Å²) in [6, 6.07) is 0. The molecule has 0 aliphatic rings. The molecule has 1 atom stereocenters. The Bertz CT molecular complexity index is 861. The second-order valence-electron chi connectivity index (χ2n) is 16.6. The Morgan fingerprint density at radius 1 is 0.463 bits per heavy atom. The minimum absolute atomic E-state index is 0.220. The van der Waals surface area contributed by atoms with Gasteiger partial charge in [0.05, 0.1) is 6.61 Å². The third-order valence-electron chi connectivity index (χ3n) is 10.6. The fraction of sp³-hybridized carbons (Fsp3) is 0.956. The molecule has 0 unspecified atom stereocenters. The minimum atomic E-state index is -4.75. The normalized spacial score (nSPS) is 12.4. The summed E-state index contributed by atoms with van der Waals surface area (Å²) in [5, 5.41) is 0. The Morgan fingerprint density at radius 2 is 0.778 bits per heavy atom. The van der Waals surface area contributed by atoms with Gasteiger partial charge in [-0.25, -0.2) is 4.57 Å². The topological polar surface area (TPSA) is 119 Å². The van der Waals surface area contributed by atoms with Gasteiger partial charge in [0.25, 0.3) is 0 Å². The van der Waals surface area contributed by atoms with Crippen LogP contribution < -0.4 is 0 Å². The summed E-state index contributed by atoms with van der Waals surface area (Å²) in [5.41, 5.74) is 0. The Balaban J connectivity index is 3.81. The molecule has 0 saturated heterocycles. The Kier molecular flexibility index (Phi) is 39.5. The van der Waals surface area contributed by atoms with Crippen molar-refractivity contribution in [2.75, 3.05) is 13.2 Å². The zero-order chi connectivity index (χ0) is 39.8. The number of carbonyl (C=O) groups is 2. The molecular weight excluding hydrogens is 699 g/mol. The highest BCUT2D eigenvalue weighted by atomic mass is 31.2. The lowest BCUT2D eigenvalue weighted by molar-refractivity contribution is -0.161. The summed E-state index contributed by atoms with van der Waals surface area (Å²) in [6.45, 7) is 6.08. The van der Waals surface area contributed by atoms with Gasteiger partial charge in [0.2, 0.25) is 0 Å². The van der Waals surface area contributed by atoms with E-state index in [4.69, 9.17) is 19.3 Å². The maximum Gasteiger partial charge on any atom is 0.469 e. The molecule has 8 nitrogen and oxygen atoms in total. The van der Waals surface area contributed by atoms with Crippen LogP contribution in [0.25, 0.3) is 0 Å². The van der Waals surface area contributed by atoms with Crippen molar-refractivity contribution in [3.05, 3.63) is 0 Å². The van der Waals surface area contributed by atoms with E-state index in [2.05, 4.69) is 25.3 Å². The van der Waals surface area contributed by atoms with E-state index in [-0.39, 0.29) is 19.4 Å². The van der Waals surface area contributed by atoms with Gasteiger partial charge in [0, 0.05) is 12.8 Å². The summed E-state index contributed by atoms with van der Waals surface area (Å²) >= 11 is 0. The number of carbonyl (C=O) groups excluding carboxylic acids is 2. The Morgan fingerprint density at radius 3 is 1.11 bits per heavy atom. The van der Waals surface area contributed by atoms with Crippen LogP contribution in [0.4, 0.5) is 0 Å². The van der Waals surface area contributed by atoms with Gasteiger partial charge in [0.15, 0.2) is 6.10 Å². The Labute approximate surface area is 334 Å². The van der Waals surface area contributed by atoms with E-state index in [0.29, 0.717) is 6.42 Å². The first-order chi connectivity index (χ1) is 26.1. The molecule has 0 spiro atoms. The van der Waals surface area contributed by atoms with Crippen molar-refractivity contribution in [2.45, 2.75) is 258 Å². The van der Waals surface area contributed by atoms with Gasteiger partial charge >= 0.3 is 19.8 Å². The Hall–Kier alpha value is -0.950. The van der Waals surface area contributed by atoms with Gasteiger partial charge in [-0.05, 0) is 18.8 Å². The largest absolute Gasteiger partial charge is 0.469 e. The summed E-state index contributed by atoms with van der Waals surface area (Å²) in [6.07, 6.45) is 42.6. The molecule has 0 amide bonds. The lowest BCUT2D eigenvalue weighted by atomic mass is 10.0. The molecule has 2 N–H and O–H groups in total. The highest BCUT2D eigenvalue weighted by molar-refractivity contribution is 7.46. The monoisotopic (exact) mass is 789 g/mol. The molecule has 0 aromatic carbocycles. The molecule has 0 aromatic heterocycles. The van der Waals surface area contributed by atoms with Crippen LogP contribution in [0.15, 0.2) is 0 Å². The summed E-state index contributed by atoms with van der Waals surface area (Å²) in [5.74, 6) is -0.0322. The molecule has 0 saturated carbocycles. The molecule has 0 rings (SSSR count). The van der Waals surface area contributed by atoms with Crippen molar-refractivity contribution >= 4 is 19.8 Å². The van der Waals surface area contributed by atoms with Crippen molar-refractivity contribution in [3.63, 3.8) is 0 Å². The van der Waals surface area contributed by atoms with Gasteiger partial charge in [-0.15, -0.1) is 0 Å². The van der Waals surface area contributed by atoms with Crippen LogP contribution in [0.2, 0.25) is 0 Å². The van der Waals surface area contributed by atoms with Crippen LogP contribution >= 0.6 is 7.82 Å². The van der Waals surface area contributed by atoms with Crippen molar-refractivity contribution in [2.24, 2.45) is 5.92 Å². The van der Waals surface area contributed by atoms with Crippen LogP contribution in [0.1, 0.15) is 252 Å². The van der Waals surface area contributed by atoms with Crippen LogP contribution in [0.5, 0.6) is 0 Å². The van der Waals surface area contributed by atoms with Crippen molar-refractivity contribution in [3.8, 4) is 0 Å². The van der Waals surface area contributed by atoms with E-state index in [1.165, 1.54) is 180 Å². The van der Waals surface area contributed by atoms with Crippen molar-refractivity contribution in [1.82, 2.24) is 0 Å². The SMILES string of the molecule is CCCCCCCCCCCCCCCCCCCCCC(=O)O[C@H](COC(=O)CCCCCCCCCCCCCCCCC(C)C)COP(=O)(O)O. The third kappa shape index (κ3) is 43.8. The molecular formula is C45H89O8P. The first-order valence-corrected chi connectivity index (χ1v) is 24.7. The van der Waals surface area contributed by atoms with Crippen LogP contribution in [0, 0.1) is 5.92 Å². The lowest BCUT2D eigenvalue weighted by Crippen LogP contribution is -2.29. The summed E-state index contributed by atoms with van der Waals surface area (Å²) in [4.78, 5) is 43.0. The number of unbranched alkanes of at least 4 members (excludes halogenated alkanes) is 31. The van der Waals surface area contributed by atoms with Gasteiger partial charge < -0.3 is 19.3 Å². The maximum atomic E-state index is 12.4. The molecule has 322 valence electrons. The average Bonchev–Trinajstić information content (AvgIpc) is 3.13. The van der Waals surface area contributed by atoms with Gasteiger partial charge in [-0.2, -0.15) is 0 Å². The average molecular weight is 789 g/mol. The van der Waals surface area contributed by atoms with E-state index < -0.39 is 32.5 Å². The number of esters is 2. The fourth-order valence-corrected chi connectivity index (χ4v) is 7.45. The maximum absolute atomic E-state index is 12.4. The van der Waals surface area contributed by atoms with Gasteiger partial charge in [0.1, 0.15) is 6.61 Å². The van der Waals surface area contributed by atoms with E-state index in [0.717, 1.165) is 38.0 Å². The van der Waals surface area contributed by atoms with Crippen LogP contribution in [0.3, 0.4) is 0 Å². The molecule has 0 heterocycles. The first kappa shape index (κ1) is 53.0. The third-order valence-corrected chi connectivity index (χ3v) is 11.0. The number of hydrogen-bond acceptors (Lipinski definition) is 6. The smallest absolute Gasteiger partial charge is 0.462 e. The zero-order valence-electron chi connectivity index (χ0n) is 35.8. The molecule has 0 radical (unpaired) electrons. The van der Waals surface area contributed by atoms with Gasteiger partial charge in [-0.3, -0.25) is 14.1 Å². The quantitative estimate of drug-likeness (QED) is 0.0356. The molecule has 0 fully saturated rings. The summed E-state index contributed by atoms with van der Waals surface area (Å²) < 4.78 is 26.5. The number of phosphoric ester groups is 1. The standard InChI is InChI=1S/C45H89O8P/c1-4-5-6-7-8-9-10-11-12-13-14-15-16-21-24-27-30-33-36-39-45(47)53-43(41-52-54(48,49)50)40-51-44(46)38-35-32-29-26-23-20-18-17-19-22-25-28-31-34-37-42(2)3/h42-43H,4-41H2,1-3H3,(H2,48,49,50)/t43-/m1/s1. The summed E-state index contributed by atoms with van der Waals surface area (Å²) in [7, 11) is -4.75. The highest BCUT2D eigenvalue weighted by Gasteiger charge is 2.23. The van der Waals surface area contributed by atoms with E-state index in [1.807, 2.05) is 0 Å². The molecule has 0 bridgehead atoms. The minimum Gasteiger partial charge on any atom is -0.462 e. The van der Waals surface area contributed by atoms with Crippen molar-refractivity contribution in [1.29, 1.82) is 0 Å². The van der Waals surface area contributed by atoms with E-state index >= 15 is 0 Å². The molecule has 0 aromatic rings. The van der Waals surface area contributed by atoms with Crippen molar-refractivity contribution < 1.29 is 37.9 Å². The molecule has 54 heavy (non-hydrogen) atoms. The van der Waals surface area contributed by atoms with E-state index in [9.17, 15) is 14.2 Å². The fourth-order valence-electron chi connectivity index (χ4n) is 7.09. The number of ether oxygens (including phenoxy) is 2. The second-order valence-corrected chi connectivity index (χ2v) is 17.8. The molecule has 9 heteroatoms. The van der Waals surface area contributed by atoms with E-state index in [1.54, 1.807) is 0 Å². The predicted molar refractivity (Wildman–Crippen MR) is 226 cm³/mol. The number of rotatable bonds is 43. The van der Waals surface area contributed by atoms with Gasteiger partial charge in [-0.1, -0.05) is 226 Å². The predicted octanol–water partition coefficient (Wildman–Crippen LogP) is 14.3. The second kappa shape index (κ2) is 40.3. The molecule has 0 aliphatic carbocycles. The molecule has 0 aliphatic heterocycles. The zero-order valence-corrected chi connectivity index (χ0v) is 36.7. The first-order valence-electron chi connectivity index (χ1n) is 23.2. The highest BCUT2D eigenvalue weighted by Crippen LogP contribution is 2.36. The van der Waals surface area contributed by atoms with Crippen LogP contribution in [-0.4, -0.2) is 41.0 Å².